The van der Waals surface area contributed by atoms with Gasteiger partial charge in [0.25, 0.3) is 0 Å². The van der Waals surface area contributed by atoms with Crippen LogP contribution in [0.25, 0.3) is 0 Å². The number of carboxylic acids is 1. The lowest BCUT2D eigenvalue weighted by Crippen LogP contribution is -2.54. The van der Waals surface area contributed by atoms with Gasteiger partial charge in [0.2, 0.25) is 0 Å². The Morgan fingerprint density at radius 1 is 1.29 bits per heavy atom. The monoisotopic (exact) mass is 296 g/mol. The molecule has 0 aromatic carbocycles. The van der Waals surface area contributed by atoms with Crippen molar-refractivity contribution >= 4 is 5.97 Å². The third-order valence-electron chi connectivity index (χ3n) is 5.46. The van der Waals surface area contributed by atoms with E-state index in [1.54, 1.807) is 0 Å². The zero-order valence-corrected chi connectivity index (χ0v) is 13.7. The third kappa shape index (κ3) is 4.96. The number of hydrogen-bond donors (Lipinski definition) is 2. The van der Waals surface area contributed by atoms with Crippen molar-refractivity contribution in [2.45, 2.75) is 70.9 Å². The van der Waals surface area contributed by atoms with Gasteiger partial charge in [-0.1, -0.05) is 26.2 Å². The highest BCUT2D eigenvalue weighted by atomic mass is 16.4. The van der Waals surface area contributed by atoms with Crippen LogP contribution in [0.4, 0.5) is 0 Å². The number of hydrogen-bond acceptors (Lipinski definition) is 3. The summed E-state index contributed by atoms with van der Waals surface area (Å²) < 4.78 is 0. The summed E-state index contributed by atoms with van der Waals surface area (Å²) in [7, 11) is 0. The van der Waals surface area contributed by atoms with Gasteiger partial charge >= 0.3 is 5.97 Å². The molecule has 2 N–H and O–H groups in total. The van der Waals surface area contributed by atoms with E-state index >= 15 is 0 Å². The number of nitrogens with zero attached hydrogens (tertiary/aromatic N) is 1. The molecule has 1 aliphatic heterocycles. The molecule has 3 atom stereocenters. The quantitative estimate of drug-likeness (QED) is 0.791. The van der Waals surface area contributed by atoms with Crippen LogP contribution in [0.2, 0.25) is 0 Å². The summed E-state index contributed by atoms with van der Waals surface area (Å²) in [5, 5.41) is 13.1. The minimum absolute atomic E-state index is 0.211. The summed E-state index contributed by atoms with van der Waals surface area (Å²) in [5.41, 5.74) is 0. The third-order valence-corrected chi connectivity index (χ3v) is 5.46. The summed E-state index contributed by atoms with van der Waals surface area (Å²) in [6, 6.07) is 0.821. The van der Waals surface area contributed by atoms with Gasteiger partial charge in [-0.25, -0.2) is 0 Å². The predicted molar refractivity (Wildman–Crippen MR) is 85.4 cm³/mol. The fourth-order valence-electron chi connectivity index (χ4n) is 3.80. The first-order valence-electron chi connectivity index (χ1n) is 8.80. The molecule has 0 spiro atoms. The minimum atomic E-state index is -0.632. The average Bonchev–Trinajstić information content (AvgIpc) is 2.52. The van der Waals surface area contributed by atoms with Crippen molar-refractivity contribution in [3.8, 4) is 0 Å². The van der Waals surface area contributed by atoms with E-state index in [9.17, 15) is 9.90 Å². The predicted octanol–water partition coefficient (Wildman–Crippen LogP) is 2.73. The van der Waals surface area contributed by atoms with Crippen LogP contribution in [0.5, 0.6) is 0 Å². The molecule has 122 valence electrons. The Labute approximate surface area is 129 Å². The number of likely N-dealkylation sites (tertiary alicyclic amines) is 1. The number of aliphatic carboxylic acids is 1. The molecule has 1 saturated carbocycles. The SMILES string of the molecule is CCC(C)N1CC(NCC2CCCCC2)CC(C(=O)O)C1. The molecule has 2 aliphatic rings. The first-order chi connectivity index (χ1) is 10.1. The molecule has 2 rings (SSSR count). The summed E-state index contributed by atoms with van der Waals surface area (Å²) in [6.07, 6.45) is 8.69. The molecule has 4 nitrogen and oxygen atoms in total. The Bertz CT molecular complexity index is 329. The highest BCUT2D eigenvalue weighted by Gasteiger charge is 2.33. The molecule has 1 heterocycles. The second kappa shape index (κ2) is 8.14. The normalized spacial score (nSPS) is 30.2. The van der Waals surface area contributed by atoms with E-state index in [-0.39, 0.29) is 5.92 Å². The fourth-order valence-corrected chi connectivity index (χ4v) is 3.80. The van der Waals surface area contributed by atoms with Crippen LogP contribution in [0.15, 0.2) is 0 Å². The molecule has 0 aromatic rings. The van der Waals surface area contributed by atoms with E-state index in [4.69, 9.17) is 0 Å². The van der Waals surface area contributed by atoms with Crippen LogP contribution in [-0.4, -0.2) is 47.7 Å². The Kier molecular flexibility index (Phi) is 6.49. The Morgan fingerprint density at radius 2 is 2.00 bits per heavy atom. The number of carboxylic acid groups (broad SMARTS) is 1. The zero-order chi connectivity index (χ0) is 15.2. The Morgan fingerprint density at radius 3 is 2.62 bits per heavy atom. The van der Waals surface area contributed by atoms with Crippen LogP contribution in [0.1, 0.15) is 58.8 Å². The largest absolute Gasteiger partial charge is 0.481 e. The Hall–Kier alpha value is -0.610. The van der Waals surface area contributed by atoms with Crippen molar-refractivity contribution in [1.82, 2.24) is 10.2 Å². The van der Waals surface area contributed by atoms with Gasteiger partial charge in [-0.05, 0) is 45.1 Å². The first kappa shape index (κ1) is 16.8. The van der Waals surface area contributed by atoms with Crippen LogP contribution in [-0.2, 0) is 4.79 Å². The summed E-state index contributed by atoms with van der Waals surface area (Å²) >= 11 is 0. The number of carbonyl (C=O) groups is 1. The zero-order valence-electron chi connectivity index (χ0n) is 13.7. The van der Waals surface area contributed by atoms with Gasteiger partial charge in [0.1, 0.15) is 0 Å². The van der Waals surface area contributed by atoms with E-state index in [0.29, 0.717) is 18.6 Å². The van der Waals surface area contributed by atoms with E-state index < -0.39 is 5.97 Å². The summed E-state index contributed by atoms with van der Waals surface area (Å²) in [5.74, 6) is -0.0370. The first-order valence-corrected chi connectivity index (χ1v) is 8.80. The lowest BCUT2D eigenvalue weighted by molar-refractivity contribution is -0.144. The van der Waals surface area contributed by atoms with Crippen molar-refractivity contribution in [2.75, 3.05) is 19.6 Å². The second-order valence-electron chi connectivity index (χ2n) is 7.09. The van der Waals surface area contributed by atoms with Crippen molar-refractivity contribution in [3.63, 3.8) is 0 Å². The van der Waals surface area contributed by atoms with Crippen molar-refractivity contribution in [1.29, 1.82) is 0 Å². The van der Waals surface area contributed by atoms with Gasteiger partial charge in [0.05, 0.1) is 5.92 Å². The van der Waals surface area contributed by atoms with E-state index in [1.807, 2.05) is 0 Å². The maximum absolute atomic E-state index is 11.4. The molecule has 0 amide bonds. The van der Waals surface area contributed by atoms with Gasteiger partial charge < -0.3 is 10.4 Å². The van der Waals surface area contributed by atoms with Gasteiger partial charge in [0, 0.05) is 25.2 Å². The van der Waals surface area contributed by atoms with Crippen molar-refractivity contribution < 1.29 is 9.90 Å². The van der Waals surface area contributed by atoms with Gasteiger partial charge in [-0.15, -0.1) is 0 Å². The van der Waals surface area contributed by atoms with Gasteiger partial charge in [-0.3, -0.25) is 9.69 Å². The second-order valence-corrected chi connectivity index (χ2v) is 7.09. The van der Waals surface area contributed by atoms with Crippen molar-refractivity contribution in [2.24, 2.45) is 11.8 Å². The molecular weight excluding hydrogens is 264 g/mol. The van der Waals surface area contributed by atoms with Crippen LogP contribution >= 0.6 is 0 Å². The molecule has 2 fully saturated rings. The maximum atomic E-state index is 11.4. The number of nitrogens with one attached hydrogen (secondary N) is 1. The van der Waals surface area contributed by atoms with E-state index in [2.05, 4.69) is 24.1 Å². The lowest BCUT2D eigenvalue weighted by Gasteiger charge is -2.40. The average molecular weight is 296 g/mol. The molecule has 3 unspecified atom stereocenters. The van der Waals surface area contributed by atoms with Gasteiger partial charge in [0.15, 0.2) is 0 Å². The van der Waals surface area contributed by atoms with Crippen molar-refractivity contribution in [3.05, 3.63) is 0 Å². The van der Waals surface area contributed by atoms with Crippen LogP contribution in [0.3, 0.4) is 0 Å². The van der Waals surface area contributed by atoms with E-state index in [0.717, 1.165) is 31.8 Å². The lowest BCUT2D eigenvalue weighted by atomic mass is 9.88. The number of piperidine rings is 1. The molecule has 1 saturated heterocycles. The standard InChI is InChI=1S/C17H32N2O2/c1-3-13(2)19-11-15(17(20)21)9-16(12-19)18-10-14-7-5-4-6-8-14/h13-16,18H,3-12H2,1-2H3,(H,20,21). The molecule has 0 bridgehead atoms. The van der Waals surface area contributed by atoms with Crippen LogP contribution in [0, 0.1) is 11.8 Å². The molecule has 4 heteroatoms. The summed E-state index contributed by atoms with van der Waals surface area (Å²) in [4.78, 5) is 13.8. The Balaban J connectivity index is 1.85. The fraction of sp³-hybridized carbons (Fsp3) is 0.941. The minimum Gasteiger partial charge on any atom is -0.481 e. The molecule has 1 aliphatic carbocycles. The highest BCUT2D eigenvalue weighted by Crippen LogP contribution is 2.24. The molecule has 0 radical (unpaired) electrons. The van der Waals surface area contributed by atoms with Gasteiger partial charge in [-0.2, -0.15) is 0 Å². The maximum Gasteiger partial charge on any atom is 0.307 e. The molecular formula is C17H32N2O2. The number of rotatable bonds is 6. The molecule has 21 heavy (non-hydrogen) atoms. The van der Waals surface area contributed by atoms with E-state index in [1.165, 1.54) is 32.1 Å². The van der Waals surface area contributed by atoms with Crippen LogP contribution < -0.4 is 5.32 Å². The molecule has 0 aromatic heterocycles. The summed E-state index contributed by atoms with van der Waals surface area (Å²) in [6.45, 7) is 7.19. The topological polar surface area (TPSA) is 52.6 Å². The smallest absolute Gasteiger partial charge is 0.307 e. The highest BCUT2D eigenvalue weighted by molar-refractivity contribution is 5.70.